The van der Waals surface area contributed by atoms with E-state index >= 15 is 4.39 Å². The molecule has 4 saturated heterocycles. The maximum absolute atomic E-state index is 15.9. The predicted molar refractivity (Wildman–Crippen MR) is 218 cm³/mol. The van der Waals surface area contributed by atoms with Gasteiger partial charge in [-0.05, 0) is 75.3 Å². The summed E-state index contributed by atoms with van der Waals surface area (Å²) in [6, 6.07) is 10.7. The second-order valence-corrected chi connectivity index (χ2v) is 17.4. The van der Waals surface area contributed by atoms with Gasteiger partial charge in [-0.15, -0.1) is 0 Å². The third-order valence-corrected chi connectivity index (χ3v) is 13.2. The summed E-state index contributed by atoms with van der Waals surface area (Å²) in [5, 5.41) is 11.1. The normalized spacial score (nSPS) is 25.1. The van der Waals surface area contributed by atoms with E-state index < -0.39 is 17.8 Å². The van der Waals surface area contributed by atoms with Crippen LogP contribution in [0.3, 0.4) is 0 Å². The number of piperidine rings is 1. The molecule has 5 fully saturated rings. The summed E-state index contributed by atoms with van der Waals surface area (Å²) < 4.78 is 28.6. The van der Waals surface area contributed by atoms with Gasteiger partial charge in [0.1, 0.15) is 35.2 Å². The monoisotopic (exact) mass is 806 g/mol. The molecule has 15 nitrogen and oxygen atoms in total. The van der Waals surface area contributed by atoms with Crippen LogP contribution in [0, 0.1) is 11.7 Å². The van der Waals surface area contributed by atoms with E-state index in [1.807, 2.05) is 23.1 Å². The number of aromatic nitrogens is 4. The van der Waals surface area contributed by atoms with Gasteiger partial charge in [-0.1, -0.05) is 0 Å². The minimum atomic E-state index is -0.764. The zero-order chi connectivity index (χ0) is 40.3. The van der Waals surface area contributed by atoms with E-state index in [1.165, 1.54) is 4.90 Å². The lowest BCUT2D eigenvalue weighted by Crippen LogP contribution is -2.52. The average molecular weight is 807 g/mol. The van der Waals surface area contributed by atoms with Gasteiger partial charge in [0.25, 0.3) is 5.91 Å². The first-order valence-electron chi connectivity index (χ1n) is 21.2. The van der Waals surface area contributed by atoms with Gasteiger partial charge in [0.2, 0.25) is 11.8 Å². The number of piperazine rings is 2. The Hall–Kier alpha value is -5.19. The number of hydrogen-bond donors (Lipinski definition) is 2. The predicted octanol–water partition coefficient (Wildman–Crippen LogP) is 3.59. The Bertz CT molecular complexity index is 2260. The van der Waals surface area contributed by atoms with E-state index in [4.69, 9.17) is 9.47 Å². The molecule has 4 aromatic rings. The van der Waals surface area contributed by atoms with Crippen molar-refractivity contribution in [1.82, 2.24) is 40.2 Å². The van der Waals surface area contributed by atoms with Crippen molar-refractivity contribution in [2.24, 2.45) is 5.92 Å². The molecule has 0 bridgehead atoms. The number of imide groups is 1. The number of amides is 3. The van der Waals surface area contributed by atoms with E-state index in [0.29, 0.717) is 35.8 Å². The van der Waals surface area contributed by atoms with Crippen LogP contribution in [0.1, 0.15) is 61.4 Å². The highest BCUT2D eigenvalue weighted by atomic mass is 19.1. The van der Waals surface area contributed by atoms with Crippen molar-refractivity contribution in [1.29, 1.82) is 0 Å². The molecule has 59 heavy (non-hydrogen) atoms. The van der Waals surface area contributed by atoms with Crippen molar-refractivity contribution in [2.45, 2.75) is 69.7 Å². The van der Waals surface area contributed by atoms with E-state index in [-0.39, 0.29) is 42.9 Å². The summed E-state index contributed by atoms with van der Waals surface area (Å²) in [5.74, 6) is 0.681. The minimum Gasteiger partial charge on any atom is -0.488 e. The molecule has 0 radical (unpaired) electrons. The number of halogens is 1. The fraction of sp³-hybridized carbons (Fsp3) is 0.535. The number of hydrogen-bond acceptors (Lipinski definition) is 12. The van der Waals surface area contributed by atoms with Gasteiger partial charge in [0, 0.05) is 94.4 Å². The van der Waals surface area contributed by atoms with Crippen LogP contribution in [0.4, 0.5) is 15.9 Å². The average Bonchev–Trinajstić information content (AvgIpc) is 3.66. The highest BCUT2D eigenvalue weighted by molar-refractivity contribution is 6.05. The van der Waals surface area contributed by atoms with Crippen LogP contribution in [-0.4, -0.2) is 142 Å². The Morgan fingerprint density at radius 3 is 2.42 bits per heavy atom. The summed E-state index contributed by atoms with van der Waals surface area (Å²) in [6.07, 6.45) is 6.57. The fourth-order valence-corrected chi connectivity index (χ4v) is 9.43. The van der Waals surface area contributed by atoms with Gasteiger partial charge in [-0.25, -0.2) is 14.4 Å². The number of carbonyl (C=O) groups is 3. The molecule has 310 valence electrons. The van der Waals surface area contributed by atoms with E-state index in [1.54, 1.807) is 18.5 Å². The molecular formula is C43H51FN10O5. The van der Waals surface area contributed by atoms with Gasteiger partial charge in [0.15, 0.2) is 5.82 Å². The van der Waals surface area contributed by atoms with Gasteiger partial charge < -0.3 is 24.2 Å². The summed E-state index contributed by atoms with van der Waals surface area (Å²) in [6.45, 7) is 11.5. The molecule has 2 aromatic heterocycles. The number of carbonyl (C=O) groups excluding carboxylic acids is 3. The lowest BCUT2D eigenvalue weighted by molar-refractivity contribution is -0.136. The standard InChI is InChI=1S/C43H51FN10O5/c1-43(10-11-43)59-28-4-6-33-31(20-28)40(49-48-33)34-21-37(46-26-45-34)53-18-14-50(15-19-53)22-27-2-3-29(58-25-27)23-51-12-16-52(17-13-51)35-7-5-30-32(39(35)44)24-54(42(30)57)36-8-9-38(55)47-41(36)56/h4-7,20-21,26-27,29,36H,2-3,8-19,22-25H2,1H3,(H,48,49)(H,47,55,56)/t27-,29-,36?/m0/s1. The van der Waals surface area contributed by atoms with Gasteiger partial charge in [-0.3, -0.25) is 34.6 Å². The number of rotatable bonds is 10. The van der Waals surface area contributed by atoms with Crippen LogP contribution >= 0.6 is 0 Å². The molecule has 16 heteroatoms. The Morgan fingerprint density at radius 1 is 0.898 bits per heavy atom. The lowest BCUT2D eigenvalue weighted by atomic mass is 9.97. The van der Waals surface area contributed by atoms with Crippen LogP contribution < -0.4 is 19.9 Å². The molecule has 0 spiro atoms. The van der Waals surface area contributed by atoms with Crippen molar-refractivity contribution in [3.05, 3.63) is 59.7 Å². The zero-order valence-electron chi connectivity index (χ0n) is 33.5. The Labute approximate surface area is 342 Å². The highest BCUT2D eigenvalue weighted by Crippen LogP contribution is 2.41. The topological polar surface area (TPSA) is 152 Å². The van der Waals surface area contributed by atoms with Gasteiger partial charge >= 0.3 is 0 Å². The van der Waals surface area contributed by atoms with Gasteiger partial charge in [0.05, 0.1) is 36.2 Å². The number of H-pyrrole nitrogens is 1. The molecule has 6 aliphatic rings. The number of fused-ring (bicyclic) bond motifs is 2. The molecule has 7 heterocycles. The molecule has 2 N–H and O–H groups in total. The number of nitrogens with zero attached hydrogens (tertiary/aromatic N) is 8. The van der Waals surface area contributed by atoms with Crippen molar-refractivity contribution in [2.75, 3.05) is 81.9 Å². The van der Waals surface area contributed by atoms with Crippen molar-refractivity contribution < 1.29 is 28.2 Å². The summed E-state index contributed by atoms with van der Waals surface area (Å²) in [7, 11) is 0. The number of anilines is 2. The molecule has 3 amide bonds. The van der Waals surface area contributed by atoms with Crippen molar-refractivity contribution >= 4 is 40.1 Å². The number of benzene rings is 2. The quantitative estimate of drug-likeness (QED) is 0.226. The molecule has 1 unspecified atom stereocenters. The largest absolute Gasteiger partial charge is 0.488 e. The number of aromatic amines is 1. The summed E-state index contributed by atoms with van der Waals surface area (Å²) in [4.78, 5) is 57.2. The first-order valence-corrected chi connectivity index (χ1v) is 21.2. The first-order chi connectivity index (χ1) is 28.7. The van der Waals surface area contributed by atoms with Crippen LogP contribution in [0.2, 0.25) is 0 Å². The maximum Gasteiger partial charge on any atom is 0.255 e. The smallest absolute Gasteiger partial charge is 0.255 e. The summed E-state index contributed by atoms with van der Waals surface area (Å²) in [5.41, 5.74) is 3.62. The molecule has 2 aromatic carbocycles. The Kier molecular flexibility index (Phi) is 9.96. The van der Waals surface area contributed by atoms with Gasteiger partial charge in [-0.2, -0.15) is 5.10 Å². The molecular weight excluding hydrogens is 756 g/mol. The Balaban J connectivity index is 0.667. The molecule has 1 saturated carbocycles. The van der Waals surface area contributed by atoms with Crippen LogP contribution in [0.25, 0.3) is 22.3 Å². The molecule has 10 rings (SSSR count). The molecule has 1 aliphatic carbocycles. The van der Waals surface area contributed by atoms with E-state index in [2.05, 4.69) is 53.2 Å². The highest BCUT2D eigenvalue weighted by Gasteiger charge is 2.42. The Morgan fingerprint density at radius 2 is 1.68 bits per heavy atom. The van der Waals surface area contributed by atoms with E-state index in [0.717, 1.165) is 119 Å². The number of ether oxygens (including phenoxy) is 2. The lowest BCUT2D eigenvalue weighted by Gasteiger charge is -2.40. The third kappa shape index (κ3) is 7.73. The van der Waals surface area contributed by atoms with E-state index in [9.17, 15) is 14.4 Å². The van der Waals surface area contributed by atoms with Crippen LogP contribution in [0.5, 0.6) is 5.75 Å². The third-order valence-electron chi connectivity index (χ3n) is 13.2. The number of nitrogens with one attached hydrogen (secondary N) is 2. The zero-order valence-corrected chi connectivity index (χ0v) is 33.5. The maximum atomic E-state index is 15.9. The fourth-order valence-electron chi connectivity index (χ4n) is 9.43. The second kappa shape index (κ2) is 15.4. The van der Waals surface area contributed by atoms with Crippen LogP contribution in [-0.2, 0) is 20.9 Å². The second-order valence-electron chi connectivity index (χ2n) is 17.4. The summed E-state index contributed by atoms with van der Waals surface area (Å²) >= 11 is 0. The molecule has 5 aliphatic heterocycles. The van der Waals surface area contributed by atoms with Crippen molar-refractivity contribution in [3.8, 4) is 17.1 Å². The first kappa shape index (κ1) is 38.0. The van der Waals surface area contributed by atoms with Crippen molar-refractivity contribution in [3.63, 3.8) is 0 Å². The molecule has 3 atom stereocenters. The SMILES string of the molecule is CC1(Oc2ccc3[nH]nc(-c4cc(N5CCN(C[C@@H]6CC[C@@H](CN7CCN(c8ccc9c(c8F)CN(C8CCC(=O)NC8=O)C9=O)CC7)OC6)CC5)ncn4)c3c2)CC1. The minimum absolute atomic E-state index is 0.0304. The van der Waals surface area contributed by atoms with Crippen LogP contribution in [0.15, 0.2) is 42.7 Å².